The zero-order valence-electron chi connectivity index (χ0n) is 16.9. The van der Waals surface area contributed by atoms with Gasteiger partial charge >= 0.3 is 0 Å². The molecule has 1 heterocycles. The van der Waals surface area contributed by atoms with Crippen LogP contribution in [0.4, 0.5) is 17.6 Å². The third kappa shape index (κ3) is 5.21. The molecule has 0 radical (unpaired) electrons. The molecule has 4 N–H and O–H groups in total. The molecule has 178 valence electrons. The van der Waals surface area contributed by atoms with Gasteiger partial charge in [0.15, 0.2) is 11.6 Å². The second kappa shape index (κ2) is 10.1. The summed E-state index contributed by atoms with van der Waals surface area (Å²) in [7, 11) is 0. The molecule has 1 amide bonds. The Morgan fingerprint density at radius 2 is 1.81 bits per heavy atom. The molecule has 0 unspecified atom stereocenters. The van der Waals surface area contributed by atoms with Gasteiger partial charge in [-0.15, -0.1) is 0 Å². The number of aliphatic hydroxyl groups excluding tert-OH is 3. The summed E-state index contributed by atoms with van der Waals surface area (Å²) >= 11 is 0. The molecule has 0 bridgehead atoms. The summed E-state index contributed by atoms with van der Waals surface area (Å²) in [5.74, 6) is -3.34. The number of carbonyl (C=O) groups is 1. The lowest BCUT2D eigenvalue weighted by Crippen LogP contribution is -2.67. The summed E-state index contributed by atoms with van der Waals surface area (Å²) in [5, 5.41) is 33.1. The number of nitrogens with one attached hydrogen (secondary N) is 1. The normalized spacial score (nSPS) is 30.3. The standard InChI is InChI=1S/C20H23F4NO7/c1-8(4-9-5-11(22)12(6-10(9)21)30-3-2-13(23)24)20(29)25-14-15(26)17(28)19-18(16(14)27)31-7-32-19/h4-6,13-19,26-28H,2-3,7H2,1H3,(H,25,29)/b8-4+/t14-,15+,16-,17-,18+,19-/m1/s1. The van der Waals surface area contributed by atoms with E-state index < -0.39 is 79.3 Å². The van der Waals surface area contributed by atoms with Crippen molar-refractivity contribution in [2.75, 3.05) is 13.4 Å². The van der Waals surface area contributed by atoms with Gasteiger partial charge in [-0.25, -0.2) is 17.6 Å². The Hall–Kier alpha value is -2.25. The van der Waals surface area contributed by atoms with Gasteiger partial charge in [-0.2, -0.15) is 0 Å². The second-order valence-corrected chi connectivity index (χ2v) is 7.51. The highest BCUT2D eigenvalue weighted by Crippen LogP contribution is 2.30. The number of ether oxygens (including phenoxy) is 3. The minimum atomic E-state index is -2.65. The Labute approximate surface area is 180 Å². The van der Waals surface area contributed by atoms with E-state index in [1.54, 1.807) is 0 Å². The highest BCUT2D eigenvalue weighted by molar-refractivity contribution is 5.97. The van der Waals surface area contributed by atoms with Crippen molar-refractivity contribution in [3.05, 3.63) is 34.9 Å². The van der Waals surface area contributed by atoms with Crippen molar-refractivity contribution >= 4 is 12.0 Å². The molecule has 1 saturated carbocycles. The van der Waals surface area contributed by atoms with Crippen LogP contribution in [0.15, 0.2) is 17.7 Å². The van der Waals surface area contributed by atoms with Crippen LogP contribution in [0.5, 0.6) is 5.75 Å². The number of carbonyl (C=O) groups excluding carboxylic acids is 1. The summed E-state index contributed by atoms with van der Waals surface area (Å²) in [5.41, 5.74) is -0.414. The minimum absolute atomic E-state index is 0.103. The molecule has 1 aromatic rings. The summed E-state index contributed by atoms with van der Waals surface area (Å²) in [4.78, 5) is 12.5. The molecular formula is C20H23F4NO7. The Morgan fingerprint density at radius 1 is 1.16 bits per heavy atom. The van der Waals surface area contributed by atoms with E-state index in [4.69, 9.17) is 14.2 Å². The predicted molar refractivity (Wildman–Crippen MR) is 101 cm³/mol. The van der Waals surface area contributed by atoms with E-state index in [1.165, 1.54) is 6.92 Å². The summed E-state index contributed by atoms with van der Waals surface area (Å²) in [6.45, 7) is 0.595. The van der Waals surface area contributed by atoms with Gasteiger partial charge in [-0.1, -0.05) is 0 Å². The van der Waals surface area contributed by atoms with Crippen molar-refractivity contribution in [1.29, 1.82) is 0 Å². The van der Waals surface area contributed by atoms with Crippen molar-refractivity contribution < 1.29 is 51.9 Å². The molecule has 3 rings (SSSR count). The number of benzene rings is 1. The molecule has 6 atom stereocenters. The lowest BCUT2D eigenvalue weighted by molar-refractivity contribution is -0.155. The van der Waals surface area contributed by atoms with E-state index in [9.17, 15) is 37.7 Å². The SMILES string of the molecule is C/C(=C\c1cc(F)c(OCCC(F)F)cc1F)C(=O)N[C@@H]1[C@H](O)[C@@H](O)[C@H]2OCO[C@H]2[C@@H]1O. The molecule has 1 aliphatic carbocycles. The molecular weight excluding hydrogens is 442 g/mol. The fraction of sp³-hybridized carbons (Fsp3) is 0.550. The molecule has 32 heavy (non-hydrogen) atoms. The predicted octanol–water partition coefficient (Wildman–Crippen LogP) is 0.725. The van der Waals surface area contributed by atoms with Crippen LogP contribution >= 0.6 is 0 Å². The molecule has 0 spiro atoms. The van der Waals surface area contributed by atoms with Crippen LogP contribution in [0, 0.1) is 11.6 Å². The van der Waals surface area contributed by atoms with Gasteiger partial charge in [0.05, 0.1) is 12.6 Å². The fourth-order valence-electron chi connectivity index (χ4n) is 3.54. The van der Waals surface area contributed by atoms with E-state index in [2.05, 4.69) is 5.32 Å². The molecule has 2 fully saturated rings. The van der Waals surface area contributed by atoms with E-state index in [0.29, 0.717) is 6.07 Å². The quantitative estimate of drug-likeness (QED) is 0.346. The Morgan fingerprint density at radius 3 is 2.47 bits per heavy atom. The average molecular weight is 465 g/mol. The van der Waals surface area contributed by atoms with Gasteiger partial charge in [0.25, 0.3) is 0 Å². The van der Waals surface area contributed by atoms with Crippen molar-refractivity contribution in [2.24, 2.45) is 0 Å². The van der Waals surface area contributed by atoms with Crippen LogP contribution in [0.2, 0.25) is 0 Å². The maximum atomic E-state index is 14.3. The number of hydrogen-bond acceptors (Lipinski definition) is 7. The highest BCUT2D eigenvalue weighted by atomic mass is 19.3. The van der Waals surface area contributed by atoms with Crippen LogP contribution in [0.1, 0.15) is 18.9 Å². The van der Waals surface area contributed by atoms with Gasteiger partial charge in [0.1, 0.15) is 43.1 Å². The monoisotopic (exact) mass is 465 g/mol. The van der Waals surface area contributed by atoms with Crippen molar-refractivity contribution in [1.82, 2.24) is 5.32 Å². The van der Waals surface area contributed by atoms with E-state index in [1.807, 2.05) is 0 Å². The number of fused-ring (bicyclic) bond motifs is 1. The Bertz CT molecular complexity index is 869. The van der Waals surface area contributed by atoms with Crippen LogP contribution < -0.4 is 10.1 Å². The molecule has 2 aliphatic rings. The lowest BCUT2D eigenvalue weighted by atomic mass is 9.83. The van der Waals surface area contributed by atoms with Crippen LogP contribution in [-0.2, 0) is 14.3 Å². The van der Waals surface area contributed by atoms with Gasteiger partial charge in [0, 0.05) is 23.6 Å². The molecule has 0 aromatic heterocycles. The number of rotatable bonds is 7. The minimum Gasteiger partial charge on any atom is -0.490 e. The zero-order chi connectivity index (χ0) is 23.6. The molecule has 8 nitrogen and oxygen atoms in total. The van der Waals surface area contributed by atoms with Crippen LogP contribution in [0.25, 0.3) is 6.08 Å². The first-order valence-electron chi connectivity index (χ1n) is 9.76. The number of halogens is 4. The number of hydrogen-bond donors (Lipinski definition) is 4. The average Bonchev–Trinajstić information content (AvgIpc) is 3.22. The first-order valence-corrected chi connectivity index (χ1v) is 9.76. The van der Waals surface area contributed by atoms with E-state index >= 15 is 0 Å². The number of alkyl halides is 2. The van der Waals surface area contributed by atoms with Gasteiger partial charge in [-0.05, 0) is 19.1 Å². The first-order chi connectivity index (χ1) is 15.1. The van der Waals surface area contributed by atoms with Gasteiger partial charge in [0.2, 0.25) is 12.3 Å². The van der Waals surface area contributed by atoms with Gasteiger partial charge < -0.3 is 34.8 Å². The fourth-order valence-corrected chi connectivity index (χ4v) is 3.54. The second-order valence-electron chi connectivity index (χ2n) is 7.51. The largest absolute Gasteiger partial charge is 0.490 e. The highest BCUT2D eigenvalue weighted by Gasteiger charge is 2.53. The van der Waals surface area contributed by atoms with Crippen molar-refractivity contribution in [3.63, 3.8) is 0 Å². The smallest absolute Gasteiger partial charge is 0.247 e. The maximum Gasteiger partial charge on any atom is 0.247 e. The third-order valence-corrected chi connectivity index (χ3v) is 5.28. The summed E-state index contributed by atoms with van der Waals surface area (Å²) < 4.78 is 67.8. The molecule has 1 saturated heterocycles. The van der Waals surface area contributed by atoms with Crippen molar-refractivity contribution in [2.45, 2.75) is 56.3 Å². The first kappa shape index (κ1) is 24.4. The summed E-state index contributed by atoms with van der Waals surface area (Å²) in [6.07, 6.45) is -8.58. The summed E-state index contributed by atoms with van der Waals surface area (Å²) in [6, 6.07) is 0.114. The lowest BCUT2D eigenvalue weighted by Gasteiger charge is -2.41. The topological polar surface area (TPSA) is 117 Å². The van der Waals surface area contributed by atoms with E-state index in [-0.39, 0.29) is 17.9 Å². The zero-order valence-corrected chi connectivity index (χ0v) is 16.9. The van der Waals surface area contributed by atoms with Crippen LogP contribution in [-0.4, -0.2) is 77.6 Å². The maximum absolute atomic E-state index is 14.3. The third-order valence-electron chi connectivity index (χ3n) is 5.28. The van der Waals surface area contributed by atoms with Crippen molar-refractivity contribution in [3.8, 4) is 5.75 Å². The van der Waals surface area contributed by atoms with Gasteiger partial charge in [-0.3, -0.25) is 4.79 Å². The number of aliphatic hydroxyl groups is 3. The van der Waals surface area contributed by atoms with Crippen LogP contribution in [0.3, 0.4) is 0 Å². The van der Waals surface area contributed by atoms with E-state index in [0.717, 1.165) is 12.1 Å². The Balaban J connectivity index is 1.70. The Kier molecular flexibility index (Phi) is 7.72. The number of amides is 1. The molecule has 12 heteroatoms. The molecule has 1 aliphatic heterocycles. The molecule has 1 aromatic carbocycles.